The Bertz CT molecular complexity index is 1170. The third kappa shape index (κ3) is 9.90. The fourth-order valence-electron chi connectivity index (χ4n) is 4.92. The van der Waals surface area contributed by atoms with Gasteiger partial charge in [0, 0.05) is 37.6 Å². The number of anilines is 2. The summed E-state index contributed by atoms with van der Waals surface area (Å²) < 4.78 is 0. The predicted molar refractivity (Wildman–Crippen MR) is 167 cm³/mol. The van der Waals surface area contributed by atoms with Crippen LogP contribution in [0.25, 0.3) is 0 Å². The lowest BCUT2D eigenvalue weighted by molar-refractivity contribution is 0.595. The van der Waals surface area contributed by atoms with Gasteiger partial charge in [0.15, 0.2) is 0 Å². The molecule has 0 amide bonds. The molecule has 0 aromatic heterocycles. The van der Waals surface area contributed by atoms with Crippen molar-refractivity contribution in [2.75, 3.05) is 23.7 Å². The fraction of sp³-hybridized carbons (Fsp3) is 0.314. The molecule has 0 saturated carbocycles. The van der Waals surface area contributed by atoms with E-state index in [2.05, 4.69) is 134 Å². The van der Waals surface area contributed by atoms with Crippen LogP contribution < -0.4 is 21.3 Å². The van der Waals surface area contributed by atoms with Gasteiger partial charge in [0.05, 0.1) is 0 Å². The standard InChI is InChI=1S/C35H44N4/c1-26-16-27(2)19-34(18-26)38-24-32-10-6-30(7-11-32)22-36-14-5-15-37-23-31-8-12-33(13-9-31)25-39-35-20-28(3)17-29(4)21-35/h6-13,16-21,36-39H,5,14-15,22-25H2,1-4H3. The summed E-state index contributed by atoms with van der Waals surface area (Å²) in [5.74, 6) is 0. The van der Waals surface area contributed by atoms with Crippen LogP contribution in [0, 0.1) is 27.7 Å². The molecule has 4 heteroatoms. The van der Waals surface area contributed by atoms with Crippen molar-refractivity contribution in [3.8, 4) is 0 Å². The highest BCUT2D eigenvalue weighted by Crippen LogP contribution is 2.16. The summed E-state index contributed by atoms with van der Waals surface area (Å²) in [6.07, 6.45) is 1.11. The van der Waals surface area contributed by atoms with Crippen molar-refractivity contribution in [2.45, 2.75) is 60.3 Å². The van der Waals surface area contributed by atoms with Crippen LogP contribution in [0.5, 0.6) is 0 Å². The number of rotatable bonds is 14. The molecule has 204 valence electrons. The molecule has 0 spiro atoms. The first-order valence-electron chi connectivity index (χ1n) is 14.1. The molecule has 0 radical (unpaired) electrons. The number of hydrogen-bond donors (Lipinski definition) is 4. The lowest BCUT2D eigenvalue weighted by Gasteiger charge is -2.11. The highest BCUT2D eigenvalue weighted by atomic mass is 14.9. The summed E-state index contributed by atoms with van der Waals surface area (Å²) in [5.41, 5.74) is 12.8. The maximum Gasteiger partial charge on any atom is 0.0400 e. The highest BCUT2D eigenvalue weighted by Gasteiger charge is 2.00. The number of hydrogen-bond acceptors (Lipinski definition) is 4. The first-order chi connectivity index (χ1) is 18.9. The zero-order chi connectivity index (χ0) is 27.5. The van der Waals surface area contributed by atoms with Gasteiger partial charge in [-0.05, 0) is 116 Å². The summed E-state index contributed by atoms with van der Waals surface area (Å²) in [6, 6.07) is 31.0. The predicted octanol–water partition coefficient (Wildman–Crippen LogP) is 7.41. The molecule has 0 saturated heterocycles. The third-order valence-corrected chi connectivity index (χ3v) is 6.85. The molecule has 0 aliphatic carbocycles. The van der Waals surface area contributed by atoms with Crippen LogP contribution in [0.4, 0.5) is 11.4 Å². The Hall–Kier alpha value is -3.60. The van der Waals surface area contributed by atoms with E-state index >= 15 is 0 Å². The Balaban J connectivity index is 1.06. The summed E-state index contributed by atoms with van der Waals surface area (Å²) >= 11 is 0. The molecule has 0 aliphatic rings. The lowest BCUT2D eigenvalue weighted by Crippen LogP contribution is -2.21. The maximum absolute atomic E-state index is 3.57. The first kappa shape index (κ1) is 28.4. The number of aryl methyl sites for hydroxylation is 4. The van der Waals surface area contributed by atoms with Crippen molar-refractivity contribution in [1.29, 1.82) is 0 Å². The van der Waals surface area contributed by atoms with E-state index < -0.39 is 0 Å². The minimum Gasteiger partial charge on any atom is -0.381 e. The molecule has 0 atom stereocenters. The number of benzene rings is 4. The van der Waals surface area contributed by atoms with E-state index in [0.29, 0.717) is 0 Å². The van der Waals surface area contributed by atoms with Gasteiger partial charge in [0.25, 0.3) is 0 Å². The second-order valence-corrected chi connectivity index (χ2v) is 10.8. The molecular weight excluding hydrogens is 476 g/mol. The highest BCUT2D eigenvalue weighted by molar-refractivity contribution is 5.49. The summed E-state index contributed by atoms with van der Waals surface area (Å²) in [4.78, 5) is 0. The third-order valence-electron chi connectivity index (χ3n) is 6.85. The SMILES string of the molecule is Cc1cc(C)cc(NCc2ccc(CNCCCNCc3ccc(CNc4cc(C)cc(C)c4)cc3)cc2)c1. The fourth-order valence-corrected chi connectivity index (χ4v) is 4.92. The van der Waals surface area contributed by atoms with Gasteiger partial charge in [-0.15, -0.1) is 0 Å². The van der Waals surface area contributed by atoms with Crippen LogP contribution in [0.15, 0.2) is 84.9 Å². The average Bonchev–Trinajstić information content (AvgIpc) is 2.90. The van der Waals surface area contributed by atoms with Crippen molar-refractivity contribution in [2.24, 2.45) is 0 Å². The topological polar surface area (TPSA) is 48.1 Å². The van der Waals surface area contributed by atoms with E-state index in [1.54, 1.807) is 0 Å². The number of nitrogens with one attached hydrogen (secondary N) is 4. The van der Waals surface area contributed by atoms with Gasteiger partial charge in [0.1, 0.15) is 0 Å². The van der Waals surface area contributed by atoms with Gasteiger partial charge >= 0.3 is 0 Å². The molecule has 4 nitrogen and oxygen atoms in total. The normalized spacial score (nSPS) is 11.0. The van der Waals surface area contributed by atoms with Crippen LogP contribution in [0.3, 0.4) is 0 Å². The molecule has 39 heavy (non-hydrogen) atoms. The van der Waals surface area contributed by atoms with Gasteiger partial charge < -0.3 is 21.3 Å². The van der Waals surface area contributed by atoms with Gasteiger partial charge in [-0.3, -0.25) is 0 Å². The van der Waals surface area contributed by atoms with Crippen LogP contribution in [0.1, 0.15) is 50.9 Å². The Morgan fingerprint density at radius 3 is 1.05 bits per heavy atom. The second-order valence-electron chi connectivity index (χ2n) is 10.8. The maximum atomic E-state index is 3.57. The molecule has 0 fully saturated rings. The molecule has 4 aromatic rings. The van der Waals surface area contributed by atoms with E-state index in [1.165, 1.54) is 55.9 Å². The smallest absolute Gasteiger partial charge is 0.0400 e. The Morgan fingerprint density at radius 1 is 0.410 bits per heavy atom. The monoisotopic (exact) mass is 520 g/mol. The average molecular weight is 521 g/mol. The summed E-state index contributed by atoms with van der Waals surface area (Å²) in [7, 11) is 0. The molecule has 0 unspecified atom stereocenters. The van der Waals surface area contributed by atoms with E-state index in [4.69, 9.17) is 0 Å². The summed E-state index contributed by atoms with van der Waals surface area (Å²) in [5, 5.41) is 14.2. The van der Waals surface area contributed by atoms with Gasteiger partial charge in [-0.25, -0.2) is 0 Å². The Morgan fingerprint density at radius 2 is 0.718 bits per heavy atom. The van der Waals surface area contributed by atoms with Crippen molar-refractivity contribution in [1.82, 2.24) is 10.6 Å². The zero-order valence-electron chi connectivity index (χ0n) is 24.0. The van der Waals surface area contributed by atoms with Crippen LogP contribution in [-0.4, -0.2) is 13.1 Å². The van der Waals surface area contributed by atoms with E-state index in [-0.39, 0.29) is 0 Å². The van der Waals surface area contributed by atoms with Crippen molar-refractivity contribution in [3.05, 3.63) is 129 Å². The molecule has 4 N–H and O–H groups in total. The molecule has 0 bridgehead atoms. The Labute approximate surface area is 235 Å². The summed E-state index contributed by atoms with van der Waals surface area (Å²) in [6.45, 7) is 14.1. The van der Waals surface area contributed by atoms with Gasteiger partial charge in [0.2, 0.25) is 0 Å². The van der Waals surface area contributed by atoms with Gasteiger partial charge in [-0.2, -0.15) is 0 Å². The van der Waals surface area contributed by atoms with Crippen molar-refractivity contribution in [3.63, 3.8) is 0 Å². The lowest BCUT2D eigenvalue weighted by atomic mass is 10.1. The second kappa shape index (κ2) is 14.5. The molecule has 0 aliphatic heterocycles. The van der Waals surface area contributed by atoms with Crippen LogP contribution in [-0.2, 0) is 26.2 Å². The van der Waals surface area contributed by atoms with Gasteiger partial charge in [-0.1, -0.05) is 60.7 Å². The Kier molecular flexibility index (Phi) is 10.6. The largest absolute Gasteiger partial charge is 0.381 e. The molecule has 4 rings (SSSR count). The molecule has 0 heterocycles. The first-order valence-corrected chi connectivity index (χ1v) is 14.1. The van der Waals surface area contributed by atoms with E-state index in [1.807, 2.05) is 0 Å². The van der Waals surface area contributed by atoms with Crippen molar-refractivity contribution >= 4 is 11.4 Å². The zero-order valence-corrected chi connectivity index (χ0v) is 24.0. The van der Waals surface area contributed by atoms with E-state index in [9.17, 15) is 0 Å². The molecule has 4 aromatic carbocycles. The van der Waals surface area contributed by atoms with Crippen LogP contribution >= 0.6 is 0 Å². The van der Waals surface area contributed by atoms with Crippen molar-refractivity contribution < 1.29 is 0 Å². The minimum absolute atomic E-state index is 0.842. The van der Waals surface area contributed by atoms with Crippen LogP contribution in [0.2, 0.25) is 0 Å². The quantitative estimate of drug-likeness (QED) is 0.131. The van der Waals surface area contributed by atoms with E-state index in [0.717, 1.165) is 45.7 Å². The minimum atomic E-state index is 0.842. The molecular formula is C35H44N4.